The second-order valence-corrected chi connectivity index (χ2v) is 7.42. The largest absolute Gasteiger partial charge is 0.497 e. The number of hydrogen-bond donors (Lipinski definition) is 1. The lowest BCUT2D eigenvalue weighted by Crippen LogP contribution is -2.40. The monoisotopic (exact) mass is 393 g/mol. The van der Waals surface area contributed by atoms with E-state index in [4.69, 9.17) is 4.74 Å². The van der Waals surface area contributed by atoms with E-state index in [0.717, 1.165) is 5.39 Å². The zero-order chi connectivity index (χ0) is 19.4. The van der Waals surface area contributed by atoms with E-state index in [2.05, 4.69) is 5.32 Å². The minimum Gasteiger partial charge on any atom is -0.497 e. The van der Waals surface area contributed by atoms with Gasteiger partial charge in [-0.25, -0.2) is 0 Å². The van der Waals surface area contributed by atoms with E-state index < -0.39 is 28.8 Å². The number of fused-ring (bicyclic) bond motifs is 1. The molecule has 0 saturated carbocycles. The van der Waals surface area contributed by atoms with Gasteiger partial charge in [0.05, 0.1) is 23.7 Å². The molecule has 3 rings (SSSR count). The molecule has 3 nitrogen and oxygen atoms in total. The van der Waals surface area contributed by atoms with Crippen LogP contribution in [-0.4, -0.2) is 29.3 Å². The van der Waals surface area contributed by atoms with Crippen LogP contribution in [0.15, 0.2) is 71.6 Å². The standard InChI is InChI=1S/C20H18F3NO2S/c1-26-16-11-9-15(10-12-16)24-19(20(21,22)23)13-27(25)18-8-4-6-14-5-2-3-7-17(14)18/h2-12,19,24H,13H2,1H3/t19-,27+/m1/s1. The quantitative estimate of drug-likeness (QED) is 0.641. The number of rotatable bonds is 6. The van der Waals surface area contributed by atoms with E-state index in [1.54, 1.807) is 36.4 Å². The highest BCUT2D eigenvalue weighted by atomic mass is 32.2. The lowest BCUT2D eigenvalue weighted by molar-refractivity contribution is -0.137. The van der Waals surface area contributed by atoms with Gasteiger partial charge in [-0.05, 0) is 41.1 Å². The summed E-state index contributed by atoms with van der Waals surface area (Å²) >= 11 is 0. The Balaban J connectivity index is 1.84. The predicted molar refractivity (Wildman–Crippen MR) is 102 cm³/mol. The summed E-state index contributed by atoms with van der Waals surface area (Å²) in [6.45, 7) is 0. The van der Waals surface area contributed by atoms with Crippen molar-refractivity contribution in [3.05, 3.63) is 66.7 Å². The topological polar surface area (TPSA) is 38.3 Å². The van der Waals surface area contributed by atoms with Crippen LogP contribution >= 0.6 is 0 Å². The molecule has 0 spiro atoms. The molecule has 7 heteroatoms. The Morgan fingerprint density at radius 3 is 2.33 bits per heavy atom. The van der Waals surface area contributed by atoms with Crippen LogP contribution in [0.2, 0.25) is 0 Å². The lowest BCUT2D eigenvalue weighted by Gasteiger charge is -2.22. The van der Waals surface area contributed by atoms with Gasteiger partial charge in [0.15, 0.2) is 0 Å². The van der Waals surface area contributed by atoms with Crippen LogP contribution in [-0.2, 0) is 10.8 Å². The summed E-state index contributed by atoms with van der Waals surface area (Å²) in [6, 6.07) is 16.6. The smallest absolute Gasteiger partial charge is 0.409 e. The van der Waals surface area contributed by atoms with Crippen molar-refractivity contribution in [2.75, 3.05) is 18.2 Å². The molecule has 1 N–H and O–H groups in total. The molecule has 3 aromatic rings. The molecule has 0 unspecified atom stereocenters. The second-order valence-electron chi connectivity index (χ2n) is 5.96. The number of benzene rings is 3. The van der Waals surface area contributed by atoms with Crippen molar-refractivity contribution in [1.82, 2.24) is 0 Å². The van der Waals surface area contributed by atoms with Gasteiger partial charge in [-0.15, -0.1) is 0 Å². The van der Waals surface area contributed by atoms with Crippen LogP contribution in [0.25, 0.3) is 10.8 Å². The first-order chi connectivity index (χ1) is 12.9. The molecule has 0 aliphatic heterocycles. The SMILES string of the molecule is COc1ccc(N[C@H](C[S@](=O)c2cccc3ccccc23)C(F)(F)F)cc1. The normalized spacial score (nSPS) is 13.9. The number of anilines is 1. The molecule has 142 valence electrons. The highest BCUT2D eigenvalue weighted by Crippen LogP contribution is 2.28. The van der Waals surface area contributed by atoms with Gasteiger partial charge in [0, 0.05) is 10.6 Å². The van der Waals surface area contributed by atoms with Crippen molar-refractivity contribution in [3.63, 3.8) is 0 Å². The average Bonchev–Trinajstić information content (AvgIpc) is 2.66. The van der Waals surface area contributed by atoms with Crippen molar-refractivity contribution in [2.45, 2.75) is 17.1 Å². The molecule has 0 fully saturated rings. The molecule has 0 aliphatic rings. The van der Waals surface area contributed by atoms with E-state index in [-0.39, 0.29) is 5.69 Å². The fourth-order valence-electron chi connectivity index (χ4n) is 2.74. The Hall–Kier alpha value is -2.54. The van der Waals surface area contributed by atoms with Crippen molar-refractivity contribution in [2.24, 2.45) is 0 Å². The number of halogens is 3. The third-order valence-electron chi connectivity index (χ3n) is 4.14. The molecule has 0 saturated heterocycles. The lowest BCUT2D eigenvalue weighted by atomic mass is 10.1. The molecule has 0 aliphatic carbocycles. The van der Waals surface area contributed by atoms with Gasteiger partial charge < -0.3 is 10.1 Å². The molecule has 0 aromatic heterocycles. The fraction of sp³-hybridized carbons (Fsp3) is 0.200. The zero-order valence-corrected chi connectivity index (χ0v) is 15.3. The highest BCUT2D eigenvalue weighted by molar-refractivity contribution is 7.85. The maximum atomic E-state index is 13.5. The molecule has 0 bridgehead atoms. The first kappa shape index (κ1) is 19.2. The third-order valence-corrected chi connectivity index (χ3v) is 5.62. The van der Waals surface area contributed by atoms with Gasteiger partial charge in [-0.2, -0.15) is 13.2 Å². The molecule has 0 radical (unpaired) electrons. The summed E-state index contributed by atoms with van der Waals surface area (Å²) in [6.07, 6.45) is -4.54. The summed E-state index contributed by atoms with van der Waals surface area (Å²) in [4.78, 5) is 0.402. The van der Waals surface area contributed by atoms with Gasteiger partial charge in [-0.1, -0.05) is 36.4 Å². The number of nitrogens with one attached hydrogen (secondary N) is 1. The number of alkyl halides is 3. The highest BCUT2D eigenvalue weighted by Gasteiger charge is 2.41. The number of hydrogen-bond acceptors (Lipinski definition) is 3. The van der Waals surface area contributed by atoms with E-state index in [0.29, 0.717) is 16.0 Å². The van der Waals surface area contributed by atoms with Crippen LogP contribution in [0, 0.1) is 0 Å². The van der Waals surface area contributed by atoms with Gasteiger partial charge in [0.1, 0.15) is 11.8 Å². The fourth-order valence-corrected chi connectivity index (χ4v) is 4.16. The van der Waals surface area contributed by atoms with Gasteiger partial charge >= 0.3 is 6.18 Å². The Morgan fingerprint density at radius 1 is 1.00 bits per heavy atom. The number of ether oxygens (including phenoxy) is 1. The van der Waals surface area contributed by atoms with Crippen molar-refractivity contribution >= 4 is 27.3 Å². The van der Waals surface area contributed by atoms with Crippen molar-refractivity contribution in [1.29, 1.82) is 0 Å². The van der Waals surface area contributed by atoms with Gasteiger partial charge in [-0.3, -0.25) is 4.21 Å². The summed E-state index contributed by atoms with van der Waals surface area (Å²) < 4.78 is 58.3. The van der Waals surface area contributed by atoms with E-state index in [1.807, 2.05) is 18.2 Å². The predicted octanol–water partition coefficient (Wildman–Crippen LogP) is 5.00. The summed E-state index contributed by atoms with van der Waals surface area (Å²) in [5.74, 6) is -0.0350. The Morgan fingerprint density at radius 2 is 1.67 bits per heavy atom. The van der Waals surface area contributed by atoms with Crippen LogP contribution in [0.4, 0.5) is 18.9 Å². The van der Waals surface area contributed by atoms with Crippen LogP contribution in [0.5, 0.6) is 5.75 Å². The molecular weight excluding hydrogens is 375 g/mol. The first-order valence-electron chi connectivity index (χ1n) is 8.22. The molecule has 2 atom stereocenters. The van der Waals surface area contributed by atoms with Crippen molar-refractivity contribution < 1.29 is 22.1 Å². The molecule has 0 amide bonds. The number of methoxy groups -OCH3 is 1. The Kier molecular flexibility index (Phi) is 5.70. The molecule has 0 heterocycles. The van der Waals surface area contributed by atoms with Gasteiger partial charge in [0.2, 0.25) is 0 Å². The molecular formula is C20H18F3NO2S. The average molecular weight is 393 g/mol. The summed E-state index contributed by atoms with van der Waals surface area (Å²) in [7, 11) is -0.341. The maximum Gasteiger partial charge on any atom is 0.409 e. The maximum absolute atomic E-state index is 13.5. The Labute approximate surface area is 157 Å². The summed E-state index contributed by atoms with van der Waals surface area (Å²) in [5, 5.41) is 3.99. The zero-order valence-electron chi connectivity index (χ0n) is 14.5. The second kappa shape index (κ2) is 8.00. The van der Waals surface area contributed by atoms with E-state index in [9.17, 15) is 17.4 Å². The van der Waals surface area contributed by atoms with Gasteiger partial charge in [0.25, 0.3) is 0 Å². The van der Waals surface area contributed by atoms with E-state index in [1.165, 1.54) is 19.2 Å². The van der Waals surface area contributed by atoms with Crippen LogP contribution in [0.3, 0.4) is 0 Å². The molecule has 3 aromatic carbocycles. The molecule has 27 heavy (non-hydrogen) atoms. The summed E-state index contributed by atoms with van der Waals surface area (Å²) in [5.41, 5.74) is 0.285. The Bertz CT molecular complexity index is 937. The minimum absolute atomic E-state index is 0.285. The minimum atomic E-state index is -4.54. The van der Waals surface area contributed by atoms with Crippen LogP contribution in [0.1, 0.15) is 0 Å². The van der Waals surface area contributed by atoms with Crippen molar-refractivity contribution in [3.8, 4) is 5.75 Å². The van der Waals surface area contributed by atoms with E-state index >= 15 is 0 Å². The third kappa shape index (κ3) is 4.60. The van der Waals surface area contributed by atoms with Crippen LogP contribution < -0.4 is 10.1 Å². The first-order valence-corrected chi connectivity index (χ1v) is 9.54.